The lowest BCUT2D eigenvalue weighted by molar-refractivity contribution is 0.258. The lowest BCUT2D eigenvalue weighted by Crippen LogP contribution is -2.26. The molecule has 1 N–H and O–H groups in total. The Morgan fingerprint density at radius 1 is 1.33 bits per heavy atom. The highest BCUT2D eigenvalue weighted by molar-refractivity contribution is 6.31. The Balaban J connectivity index is 2.24. The largest absolute Gasteiger partial charge is 0.315 e. The molecule has 15 heavy (non-hydrogen) atoms. The highest BCUT2D eigenvalue weighted by Crippen LogP contribution is 2.29. The van der Waals surface area contributed by atoms with Crippen molar-refractivity contribution < 1.29 is 0 Å². The second-order valence-corrected chi connectivity index (χ2v) is 4.46. The summed E-state index contributed by atoms with van der Waals surface area (Å²) >= 11 is 6.23. The quantitative estimate of drug-likeness (QED) is 0.788. The number of hydrogen-bond acceptors (Lipinski definition) is 2. The van der Waals surface area contributed by atoms with E-state index >= 15 is 0 Å². The van der Waals surface area contributed by atoms with Gasteiger partial charge in [0, 0.05) is 24.2 Å². The van der Waals surface area contributed by atoms with Crippen molar-refractivity contribution in [3.63, 3.8) is 0 Å². The van der Waals surface area contributed by atoms with Crippen LogP contribution in [0.3, 0.4) is 0 Å². The van der Waals surface area contributed by atoms with Crippen molar-refractivity contribution in [2.24, 2.45) is 0 Å². The van der Waals surface area contributed by atoms with Crippen LogP contribution in [-0.4, -0.2) is 31.6 Å². The van der Waals surface area contributed by atoms with Gasteiger partial charge in [0.15, 0.2) is 0 Å². The summed E-state index contributed by atoms with van der Waals surface area (Å²) in [6.45, 7) is 3.22. The Morgan fingerprint density at radius 3 is 2.93 bits per heavy atom. The summed E-state index contributed by atoms with van der Waals surface area (Å²) in [5.74, 6) is 0. The van der Waals surface area contributed by atoms with Crippen LogP contribution >= 0.6 is 11.6 Å². The third-order valence-corrected chi connectivity index (χ3v) is 3.38. The van der Waals surface area contributed by atoms with Crippen molar-refractivity contribution in [3.05, 3.63) is 34.9 Å². The SMILES string of the molecule is CN1CCNCCC1c1ccccc1Cl. The first-order valence-corrected chi connectivity index (χ1v) is 5.82. The summed E-state index contributed by atoms with van der Waals surface area (Å²) in [7, 11) is 2.17. The van der Waals surface area contributed by atoms with Gasteiger partial charge in [-0.1, -0.05) is 29.8 Å². The molecule has 1 aromatic rings. The molecule has 1 saturated heterocycles. The molecule has 1 aliphatic heterocycles. The maximum Gasteiger partial charge on any atom is 0.0453 e. The first kappa shape index (κ1) is 10.9. The van der Waals surface area contributed by atoms with Crippen molar-refractivity contribution in [3.8, 4) is 0 Å². The van der Waals surface area contributed by atoms with Crippen LogP contribution in [0.4, 0.5) is 0 Å². The number of halogens is 1. The molecule has 0 aromatic heterocycles. The fourth-order valence-electron chi connectivity index (χ4n) is 2.13. The third-order valence-electron chi connectivity index (χ3n) is 3.03. The van der Waals surface area contributed by atoms with Gasteiger partial charge in [-0.15, -0.1) is 0 Å². The fraction of sp³-hybridized carbons (Fsp3) is 0.500. The Morgan fingerprint density at radius 2 is 2.13 bits per heavy atom. The van der Waals surface area contributed by atoms with Gasteiger partial charge >= 0.3 is 0 Å². The zero-order valence-corrected chi connectivity index (χ0v) is 9.80. The van der Waals surface area contributed by atoms with Crippen LogP contribution in [0.5, 0.6) is 0 Å². The van der Waals surface area contributed by atoms with Crippen molar-refractivity contribution in [2.75, 3.05) is 26.7 Å². The molecule has 1 fully saturated rings. The summed E-state index contributed by atoms with van der Waals surface area (Å²) in [5, 5.41) is 4.30. The van der Waals surface area contributed by atoms with Crippen molar-refractivity contribution >= 4 is 11.6 Å². The van der Waals surface area contributed by atoms with E-state index in [9.17, 15) is 0 Å². The Labute approximate surface area is 96.2 Å². The van der Waals surface area contributed by atoms with Crippen LogP contribution < -0.4 is 5.32 Å². The number of benzene rings is 1. The first-order chi connectivity index (χ1) is 7.29. The molecule has 0 radical (unpaired) electrons. The standard InChI is InChI=1S/C12H17ClN2/c1-15-9-8-14-7-6-12(15)10-4-2-3-5-11(10)13/h2-5,12,14H,6-9H2,1H3. The predicted octanol–water partition coefficient (Wildman–Crippen LogP) is 2.31. The zero-order valence-electron chi connectivity index (χ0n) is 9.04. The van der Waals surface area contributed by atoms with Gasteiger partial charge in [-0.3, -0.25) is 4.90 Å². The molecule has 0 amide bonds. The van der Waals surface area contributed by atoms with Crippen molar-refractivity contribution in [1.29, 1.82) is 0 Å². The van der Waals surface area contributed by atoms with Gasteiger partial charge in [-0.05, 0) is 31.6 Å². The predicted molar refractivity (Wildman–Crippen MR) is 64.3 cm³/mol. The van der Waals surface area contributed by atoms with Gasteiger partial charge in [-0.25, -0.2) is 0 Å². The zero-order chi connectivity index (χ0) is 10.7. The van der Waals surface area contributed by atoms with Gasteiger partial charge in [-0.2, -0.15) is 0 Å². The molecule has 2 nitrogen and oxygen atoms in total. The summed E-state index contributed by atoms with van der Waals surface area (Å²) in [4.78, 5) is 2.38. The van der Waals surface area contributed by atoms with E-state index < -0.39 is 0 Å². The van der Waals surface area contributed by atoms with E-state index in [1.165, 1.54) is 5.56 Å². The average Bonchev–Trinajstić information content (AvgIpc) is 2.44. The Bertz CT molecular complexity index is 327. The number of nitrogens with one attached hydrogen (secondary N) is 1. The highest BCUT2D eigenvalue weighted by atomic mass is 35.5. The highest BCUT2D eigenvalue weighted by Gasteiger charge is 2.20. The van der Waals surface area contributed by atoms with E-state index in [0.29, 0.717) is 6.04 Å². The molecule has 3 heteroatoms. The van der Waals surface area contributed by atoms with E-state index in [4.69, 9.17) is 11.6 Å². The minimum Gasteiger partial charge on any atom is -0.315 e. The van der Waals surface area contributed by atoms with E-state index in [1.54, 1.807) is 0 Å². The van der Waals surface area contributed by atoms with Gasteiger partial charge in [0.25, 0.3) is 0 Å². The van der Waals surface area contributed by atoms with Gasteiger partial charge < -0.3 is 5.32 Å². The van der Waals surface area contributed by atoms with Crippen molar-refractivity contribution in [1.82, 2.24) is 10.2 Å². The molecule has 0 aliphatic carbocycles. The molecule has 0 spiro atoms. The van der Waals surface area contributed by atoms with Crippen LogP contribution in [-0.2, 0) is 0 Å². The molecule has 0 saturated carbocycles. The number of hydrogen-bond donors (Lipinski definition) is 1. The molecule has 1 aliphatic rings. The van der Waals surface area contributed by atoms with Gasteiger partial charge in [0.1, 0.15) is 0 Å². The molecule has 1 atom stereocenters. The van der Waals surface area contributed by atoms with Crippen LogP contribution in [0.15, 0.2) is 24.3 Å². The van der Waals surface area contributed by atoms with E-state index in [0.717, 1.165) is 31.1 Å². The molecule has 1 aromatic carbocycles. The maximum absolute atomic E-state index is 6.23. The molecule has 1 unspecified atom stereocenters. The minimum absolute atomic E-state index is 0.452. The second-order valence-electron chi connectivity index (χ2n) is 4.06. The van der Waals surface area contributed by atoms with Gasteiger partial charge in [0.2, 0.25) is 0 Å². The summed E-state index contributed by atoms with van der Waals surface area (Å²) in [6.07, 6.45) is 1.13. The monoisotopic (exact) mass is 224 g/mol. The molecule has 82 valence electrons. The number of rotatable bonds is 1. The van der Waals surface area contributed by atoms with E-state index in [2.05, 4.69) is 29.4 Å². The number of likely N-dealkylation sites (N-methyl/N-ethyl adjacent to an activating group) is 1. The molecular weight excluding hydrogens is 208 g/mol. The lowest BCUT2D eigenvalue weighted by atomic mass is 10.0. The molecule has 1 heterocycles. The summed E-state index contributed by atoms with van der Waals surface area (Å²) in [5.41, 5.74) is 1.25. The lowest BCUT2D eigenvalue weighted by Gasteiger charge is -2.26. The average molecular weight is 225 g/mol. The van der Waals surface area contributed by atoms with Crippen LogP contribution in [0, 0.1) is 0 Å². The summed E-state index contributed by atoms with van der Waals surface area (Å²) in [6, 6.07) is 8.61. The molecular formula is C12H17ClN2. The Kier molecular flexibility index (Phi) is 3.62. The van der Waals surface area contributed by atoms with Crippen LogP contribution in [0.1, 0.15) is 18.0 Å². The van der Waals surface area contributed by atoms with E-state index in [-0.39, 0.29) is 0 Å². The van der Waals surface area contributed by atoms with Crippen molar-refractivity contribution in [2.45, 2.75) is 12.5 Å². The second kappa shape index (κ2) is 4.97. The topological polar surface area (TPSA) is 15.3 Å². The Hall–Kier alpha value is -0.570. The first-order valence-electron chi connectivity index (χ1n) is 5.44. The van der Waals surface area contributed by atoms with Crippen LogP contribution in [0.2, 0.25) is 5.02 Å². The van der Waals surface area contributed by atoms with Crippen LogP contribution in [0.25, 0.3) is 0 Å². The van der Waals surface area contributed by atoms with E-state index in [1.807, 2.05) is 12.1 Å². The molecule has 2 rings (SSSR count). The number of nitrogens with zero attached hydrogens (tertiary/aromatic N) is 1. The smallest absolute Gasteiger partial charge is 0.0453 e. The maximum atomic E-state index is 6.23. The molecule has 0 bridgehead atoms. The fourth-order valence-corrected chi connectivity index (χ4v) is 2.40. The van der Waals surface area contributed by atoms with Gasteiger partial charge in [0.05, 0.1) is 0 Å². The summed E-state index contributed by atoms with van der Waals surface area (Å²) < 4.78 is 0. The third kappa shape index (κ3) is 2.51. The normalized spacial score (nSPS) is 23.7. The minimum atomic E-state index is 0.452.